The summed E-state index contributed by atoms with van der Waals surface area (Å²) < 4.78 is 28.0. The van der Waals surface area contributed by atoms with Gasteiger partial charge in [-0.3, -0.25) is 4.40 Å². The Hall–Kier alpha value is -1.98. The fourth-order valence-corrected chi connectivity index (χ4v) is 2.05. The third-order valence-corrected chi connectivity index (χ3v) is 2.91. The van der Waals surface area contributed by atoms with E-state index in [4.69, 9.17) is 5.11 Å². The third kappa shape index (κ3) is 1.40. The summed E-state index contributed by atoms with van der Waals surface area (Å²) in [7, 11) is 0. The Morgan fingerprint density at radius 3 is 2.76 bits per heavy atom. The van der Waals surface area contributed by atoms with E-state index in [0.717, 1.165) is 29.6 Å². The molecule has 1 saturated carbocycles. The minimum atomic E-state index is -1.27. The number of fused-ring (bicyclic) bond motifs is 1. The van der Waals surface area contributed by atoms with Gasteiger partial charge in [-0.25, -0.2) is 18.6 Å². The maximum Gasteiger partial charge on any atom is 0.353 e. The first-order valence-corrected chi connectivity index (χ1v) is 5.18. The first-order chi connectivity index (χ1) is 8.09. The molecule has 2 aromatic heterocycles. The van der Waals surface area contributed by atoms with E-state index in [0.29, 0.717) is 0 Å². The number of hydrogen-bond donors (Lipinski definition) is 1. The minimum absolute atomic E-state index is 0.0779. The summed E-state index contributed by atoms with van der Waals surface area (Å²) in [5.74, 6) is -2.69. The van der Waals surface area contributed by atoms with Gasteiger partial charge in [0.1, 0.15) is 5.69 Å². The van der Waals surface area contributed by atoms with Gasteiger partial charge < -0.3 is 5.11 Å². The van der Waals surface area contributed by atoms with Gasteiger partial charge in [-0.05, 0) is 18.8 Å². The molecule has 0 aromatic carbocycles. The lowest BCUT2D eigenvalue weighted by atomic mass is 10.1. The van der Waals surface area contributed by atoms with Crippen LogP contribution in [0.1, 0.15) is 34.8 Å². The van der Waals surface area contributed by atoms with Crippen molar-refractivity contribution in [3.05, 3.63) is 35.3 Å². The normalized spacial score (nSPS) is 15.4. The van der Waals surface area contributed by atoms with Crippen LogP contribution in [0.15, 0.2) is 12.4 Å². The molecule has 0 radical (unpaired) electrons. The van der Waals surface area contributed by atoms with Gasteiger partial charge in [0.05, 0.1) is 6.20 Å². The number of hydrogen-bond acceptors (Lipinski definition) is 2. The van der Waals surface area contributed by atoms with Crippen molar-refractivity contribution in [2.45, 2.75) is 18.8 Å². The van der Waals surface area contributed by atoms with E-state index < -0.39 is 17.6 Å². The van der Waals surface area contributed by atoms with Gasteiger partial charge in [0.2, 0.25) is 0 Å². The van der Waals surface area contributed by atoms with Gasteiger partial charge in [-0.2, -0.15) is 0 Å². The van der Waals surface area contributed by atoms with Crippen LogP contribution >= 0.6 is 0 Å². The molecule has 0 saturated heterocycles. The number of carboxylic acid groups (broad SMARTS) is 1. The van der Waals surface area contributed by atoms with Gasteiger partial charge in [0.15, 0.2) is 17.3 Å². The van der Waals surface area contributed by atoms with E-state index in [-0.39, 0.29) is 22.8 Å². The topological polar surface area (TPSA) is 54.6 Å². The van der Waals surface area contributed by atoms with Gasteiger partial charge >= 0.3 is 5.97 Å². The number of rotatable bonds is 2. The van der Waals surface area contributed by atoms with Crippen molar-refractivity contribution >= 4 is 11.6 Å². The van der Waals surface area contributed by atoms with Gasteiger partial charge in [0.25, 0.3) is 0 Å². The number of halogens is 2. The SMILES string of the molecule is O=C(O)c1c(C2CC2)c(F)c2ncc(F)cn12. The zero-order valence-electron chi connectivity index (χ0n) is 8.65. The second-order valence-corrected chi connectivity index (χ2v) is 4.12. The number of carbonyl (C=O) groups is 1. The highest BCUT2D eigenvalue weighted by molar-refractivity contribution is 5.90. The van der Waals surface area contributed by atoms with Crippen LogP contribution in [0.4, 0.5) is 8.78 Å². The van der Waals surface area contributed by atoms with Crippen molar-refractivity contribution in [2.24, 2.45) is 0 Å². The molecular weight excluding hydrogens is 230 g/mol. The fourth-order valence-electron chi connectivity index (χ4n) is 2.05. The smallest absolute Gasteiger partial charge is 0.353 e. The van der Waals surface area contributed by atoms with E-state index in [2.05, 4.69) is 4.98 Å². The molecule has 0 unspecified atom stereocenters. The quantitative estimate of drug-likeness (QED) is 0.872. The molecule has 2 heterocycles. The molecule has 88 valence electrons. The average Bonchev–Trinajstić information content (AvgIpc) is 3.04. The van der Waals surface area contributed by atoms with Crippen molar-refractivity contribution in [2.75, 3.05) is 0 Å². The zero-order valence-corrected chi connectivity index (χ0v) is 8.65. The van der Waals surface area contributed by atoms with Crippen LogP contribution in [-0.2, 0) is 0 Å². The van der Waals surface area contributed by atoms with Crippen molar-refractivity contribution in [3.8, 4) is 0 Å². The monoisotopic (exact) mass is 238 g/mol. The van der Waals surface area contributed by atoms with Gasteiger partial charge in [0, 0.05) is 11.8 Å². The Labute approximate surface area is 94.5 Å². The largest absolute Gasteiger partial charge is 0.477 e. The molecule has 17 heavy (non-hydrogen) atoms. The highest BCUT2D eigenvalue weighted by atomic mass is 19.1. The third-order valence-electron chi connectivity index (χ3n) is 2.91. The van der Waals surface area contributed by atoms with Crippen molar-refractivity contribution in [1.29, 1.82) is 0 Å². The highest BCUT2D eigenvalue weighted by Crippen LogP contribution is 2.44. The standard InChI is InChI=1S/C11H8F2N2O2/c12-6-3-14-10-8(13)7(5-1-2-5)9(11(16)17)15(10)4-6/h3-5H,1-2H2,(H,16,17). The molecule has 0 atom stereocenters. The van der Waals surface area contributed by atoms with E-state index in [1.165, 1.54) is 0 Å². The lowest BCUT2D eigenvalue weighted by molar-refractivity contribution is 0.0687. The summed E-state index contributed by atoms with van der Waals surface area (Å²) in [5.41, 5.74) is -0.201. The second-order valence-electron chi connectivity index (χ2n) is 4.12. The highest BCUT2D eigenvalue weighted by Gasteiger charge is 2.35. The van der Waals surface area contributed by atoms with Crippen molar-refractivity contribution < 1.29 is 18.7 Å². The molecule has 0 spiro atoms. The molecule has 1 aliphatic rings. The molecule has 4 nitrogen and oxygen atoms in total. The van der Waals surface area contributed by atoms with E-state index in [9.17, 15) is 13.6 Å². The van der Waals surface area contributed by atoms with Crippen molar-refractivity contribution in [1.82, 2.24) is 9.38 Å². The Bertz CT molecular complexity index is 632. The number of carboxylic acids is 1. The van der Waals surface area contributed by atoms with Gasteiger partial charge in [-0.1, -0.05) is 0 Å². The molecule has 0 bridgehead atoms. The van der Waals surface area contributed by atoms with E-state index >= 15 is 0 Å². The molecule has 0 aliphatic heterocycles. The summed E-state index contributed by atoms with van der Waals surface area (Å²) in [5, 5.41) is 9.11. The summed E-state index contributed by atoms with van der Waals surface area (Å²) in [6.45, 7) is 0. The number of nitrogens with zero attached hydrogens (tertiary/aromatic N) is 2. The first kappa shape index (κ1) is 10.2. The Kier molecular flexibility index (Phi) is 1.95. The maximum absolute atomic E-state index is 14.0. The molecule has 2 aromatic rings. The molecule has 1 N–H and O–H groups in total. The van der Waals surface area contributed by atoms with Crippen LogP contribution in [0.25, 0.3) is 5.65 Å². The lowest BCUT2D eigenvalue weighted by Crippen LogP contribution is -2.05. The number of aromatic nitrogens is 2. The summed E-state index contributed by atoms with van der Waals surface area (Å²) >= 11 is 0. The predicted octanol–water partition coefficient (Wildman–Crippen LogP) is 2.19. The fraction of sp³-hybridized carbons (Fsp3) is 0.273. The van der Waals surface area contributed by atoms with E-state index in [1.807, 2.05) is 0 Å². The first-order valence-electron chi connectivity index (χ1n) is 5.18. The van der Waals surface area contributed by atoms with Crippen LogP contribution in [0, 0.1) is 11.6 Å². The zero-order chi connectivity index (χ0) is 12.2. The van der Waals surface area contributed by atoms with Crippen LogP contribution in [0.2, 0.25) is 0 Å². The molecule has 6 heteroatoms. The Morgan fingerprint density at radius 2 is 2.18 bits per heavy atom. The molecule has 1 fully saturated rings. The van der Waals surface area contributed by atoms with E-state index in [1.54, 1.807) is 0 Å². The Balaban J connectivity index is 2.41. The number of aromatic carboxylic acids is 1. The Morgan fingerprint density at radius 1 is 1.47 bits per heavy atom. The van der Waals surface area contributed by atoms with Crippen LogP contribution in [0.3, 0.4) is 0 Å². The summed E-state index contributed by atoms with van der Waals surface area (Å²) in [6.07, 6.45) is 3.34. The molecule has 0 amide bonds. The van der Waals surface area contributed by atoms with Gasteiger partial charge in [-0.15, -0.1) is 0 Å². The van der Waals surface area contributed by atoms with Crippen molar-refractivity contribution in [3.63, 3.8) is 0 Å². The van der Waals surface area contributed by atoms with Crippen LogP contribution in [0.5, 0.6) is 0 Å². The molecular formula is C11H8F2N2O2. The van der Waals surface area contributed by atoms with Crippen LogP contribution < -0.4 is 0 Å². The predicted molar refractivity (Wildman–Crippen MR) is 54.0 cm³/mol. The minimum Gasteiger partial charge on any atom is -0.477 e. The lowest BCUT2D eigenvalue weighted by Gasteiger charge is -1.99. The molecule has 3 rings (SSSR count). The maximum atomic E-state index is 14.0. The van der Waals surface area contributed by atoms with Crippen LogP contribution in [-0.4, -0.2) is 20.5 Å². The summed E-state index contributed by atoms with van der Waals surface area (Å²) in [6, 6.07) is 0. The average molecular weight is 238 g/mol. The summed E-state index contributed by atoms with van der Waals surface area (Å²) in [4.78, 5) is 14.8. The molecule has 1 aliphatic carbocycles. The second kappa shape index (κ2) is 3.26.